The summed E-state index contributed by atoms with van der Waals surface area (Å²) in [6, 6.07) is 12.0. The fourth-order valence-corrected chi connectivity index (χ4v) is 3.02. The standard InChI is InChI=1S/C17H29N3/c1-4-10-18-16(13-15-8-6-5-7-9-15)17-14-19(2)11-12-20(17)3/h5-9,16-18H,4,10-14H2,1-3H3. The van der Waals surface area contributed by atoms with Gasteiger partial charge in [-0.15, -0.1) is 0 Å². The van der Waals surface area contributed by atoms with Crippen molar-refractivity contribution < 1.29 is 0 Å². The van der Waals surface area contributed by atoms with E-state index in [2.05, 4.69) is 66.5 Å². The van der Waals surface area contributed by atoms with E-state index in [4.69, 9.17) is 0 Å². The van der Waals surface area contributed by atoms with Gasteiger partial charge in [-0.05, 0) is 39.0 Å². The number of benzene rings is 1. The molecule has 0 aromatic heterocycles. The van der Waals surface area contributed by atoms with E-state index in [1.54, 1.807) is 0 Å². The largest absolute Gasteiger partial charge is 0.312 e. The van der Waals surface area contributed by atoms with Crippen molar-refractivity contribution in [2.24, 2.45) is 0 Å². The summed E-state index contributed by atoms with van der Waals surface area (Å²) in [4.78, 5) is 4.98. The van der Waals surface area contributed by atoms with E-state index in [0.717, 1.165) is 19.5 Å². The van der Waals surface area contributed by atoms with Crippen molar-refractivity contribution in [3.8, 4) is 0 Å². The molecule has 0 saturated carbocycles. The maximum Gasteiger partial charge on any atom is 0.0377 e. The van der Waals surface area contributed by atoms with Crippen molar-refractivity contribution in [3.05, 3.63) is 35.9 Å². The second-order valence-electron chi connectivity index (χ2n) is 6.06. The van der Waals surface area contributed by atoms with E-state index in [9.17, 15) is 0 Å². The van der Waals surface area contributed by atoms with Gasteiger partial charge in [-0.3, -0.25) is 4.90 Å². The molecule has 1 aliphatic heterocycles. The molecule has 2 rings (SSSR count). The monoisotopic (exact) mass is 275 g/mol. The van der Waals surface area contributed by atoms with Crippen LogP contribution < -0.4 is 5.32 Å². The second-order valence-corrected chi connectivity index (χ2v) is 6.06. The van der Waals surface area contributed by atoms with Crippen LogP contribution in [0, 0.1) is 0 Å². The Balaban J connectivity index is 2.05. The molecule has 1 N–H and O–H groups in total. The van der Waals surface area contributed by atoms with E-state index in [1.807, 2.05) is 0 Å². The van der Waals surface area contributed by atoms with Gasteiger partial charge >= 0.3 is 0 Å². The Labute approximate surface area is 124 Å². The third-order valence-electron chi connectivity index (χ3n) is 4.32. The number of nitrogens with one attached hydrogen (secondary N) is 1. The normalized spacial score (nSPS) is 22.9. The van der Waals surface area contributed by atoms with Crippen LogP contribution in [0.4, 0.5) is 0 Å². The van der Waals surface area contributed by atoms with Gasteiger partial charge in [0.25, 0.3) is 0 Å². The summed E-state index contributed by atoms with van der Waals surface area (Å²) >= 11 is 0. The summed E-state index contributed by atoms with van der Waals surface area (Å²) in [6.07, 6.45) is 2.31. The molecular weight excluding hydrogens is 246 g/mol. The van der Waals surface area contributed by atoms with Gasteiger partial charge in [-0.2, -0.15) is 0 Å². The molecule has 0 spiro atoms. The van der Waals surface area contributed by atoms with Crippen molar-refractivity contribution in [1.29, 1.82) is 0 Å². The number of piperazine rings is 1. The molecular formula is C17H29N3. The highest BCUT2D eigenvalue weighted by Gasteiger charge is 2.29. The fraction of sp³-hybridized carbons (Fsp3) is 0.647. The minimum atomic E-state index is 0.533. The van der Waals surface area contributed by atoms with Crippen LogP contribution >= 0.6 is 0 Å². The van der Waals surface area contributed by atoms with Gasteiger partial charge in [0.05, 0.1) is 0 Å². The van der Waals surface area contributed by atoms with Crippen LogP contribution in [0.3, 0.4) is 0 Å². The van der Waals surface area contributed by atoms with Crippen molar-refractivity contribution in [3.63, 3.8) is 0 Å². The van der Waals surface area contributed by atoms with Gasteiger partial charge in [0.15, 0.2) is 0 Å². The quantitative estimate of drug-likeness (QED) is 0.855. The predicted molar refractivity (Wildman–Crippen MR) is 86.1 cm³/mol. The first-order valence-corrected chi connectivity index (χ1v) is 7.86. The molecule has 1 aromatic rings. The third kappa shape index (κ3) is 4.30. The maximum absolute atomic E-state index is 3.77. The van der Waals surface area contributed by atoms with Crippen LogP contribution in [-0.4, -0.2) is 62.2 Å². The van der Waals surface area contributed by atoms with Crippen LogP contribution in [0.1, 0.15) is 18.9 Å². The minimum Gasteiger partial charge on any atom is -0.312 e. The Morgan fingerprint density at radius 2 is 1.95 bits per heavy atom. The highest BCUT2D eigenvalue weighted by atomic mass is 15.3. The lowest BCUT2D eigenvalue weighted by molar-refractivity contribution is 0.0876. The highest BCUT2D eigenvalue weighted by molar-refractivity contribution is 5.16. The summed E-state index contributed by atoms with van der Waals surface area (Å²) < 4.78 is 0. The summed E-state index contributed by atoms with van der Waals surface area (Å²) in [7, 11) is 4.50. The number of hydrogen-bond donors (Lipinski definition) is 1. The second kappa shape index (κ2) is 7.77. The number of likely N-dealkylation sites (N-methyl/N-ethyl adjacent to an activating group) is 2. The summed E-state index contributed by atoms with van der Waals surface area (Å²) in [6.45, 7) is 6.85. The Morgan fingerprint density at radius 3 is 2.65 bits per heavy atom. The molecule has 1 aliphatic rings. The van der Waals surface area contributed by atoms with E-state index >= 15 is 0 Å². The fourth-order valence-electron chi connectivity index (χ4n) is 3.02. The molecule has 0 radical (unpaired) electrons. The van der Waals surface area contributed by atoms with Gasteiger partial charge in [0.1, 0.15) is 0 Å². The molecule has 1 aromatic carbocycles. The van der Waals surface area contributed by atoms with Crippen LogP contribution in [0.5, 0.6) is 0 Å². The molecule has 0 amide bonds. The first-order valence-electron chi connectivity index (χ1n) is 7.86. The van der Waals surface area contributed by atoms with E-state index in [-0.39, 0.29) is 0 Å². The van der Waals surface area contributed by atoms with Crippen LogP contribution in [0.2, 0.25) is 0 Å². The van der Waals surface area contributed by atoms with E-state index in [1.165, 1.54) is 25.1 Å². The first kappa shape index (κ1) is 15.5. The van der Waals surface area contributed by atoms with Crippen molar-refractivity contribution >= 4 is 0 Å². The molecule has 20 heavy (non-hydrogen) atoms. The van der Waals surface area contributed by atoms with Crippen LogP contribution in [0.15, 0.2) is 30.3 Å². The molecule has 1 heterocycles. The molecule has 0 aliphatic carbocycles. The lowest BCUT2D eigenvalue weighted by Crippen LogP contribution is -2.59. The van der Waals surface area contributed by atoms with Crippen molar-refractivity contribution in [1.82, 2.24) is 15.1 Å². The molecule has 3 nitrogen and oxygen atoms in total. The Bertz CT molecular complexity index is 379. The summed E-state index contributed by atoms with van der Waals surface area (Å²) in [5.74, 6) is 0. The molecule has 2 atom stereocenters. The molecule has 2 unspecified atom stereocenters. The van der Waals surface area contributed by atoms with Gasteiger partial charge in [0.2, 0.25) is 0 Å². The topological polar surface area (TPSA) is 18.5 Å². The average molecular weight is 275 g/mol. The SMILES string of the molecule is CCCNC(Cc1ccccc1)C1CN(C)CCN1C. The number of rotatable bonds is 6. The highest BCUT2D eigenvalue weighted by Crippen LogP contribution is 2.14. The molecule has 1 fully saturated rings. The van der Waals surface area contributed by atoms with Crippen LogP contribution in [0.25, 0.3) is 0 Å². The van der Waals surface area contributed by atoms with Gasteiger partial charge in [-0.1, -0.05) is 37.3 Å². The molecule has 112 valence electrons. The zero-order valence-corrected chi connectivity index (χ0v) is 13.2. The van der Waals surface area contributed by atoms with E-state index < -0.39 is 0 Å². The van der Waals surface area contributed by atoms with Gasteiger partial charge in [0, 0.05) is 31.7 Å². The number of nitrogens with zero attached hydrogens (tertiary/aromatic N) is 2. The zero-order chi connectivity index (χ0) is 14.4. The van der Waals surface area contributed by atoms with E-state index in [0.29, 0.717) is 12.1 Å². The Kier molecular flexibility index (Phi) is 6.02. The van der Waals surface area contributed by atoms with Crippen LogP contribution in [-0.2, 0) is 6.42 Å². The lowest BCUT2D eigenvalue weighted by atomic mass is 9.96. The third-order valence-corrected chi connectivity index (χ3v) is 4.32. The summed E-state index contributed by atoms with van der Waals surface area (Å²) in [5.41, 5.74) is 1.43. The maximum atomic E-state index is 3.77. The Morgan fingerprint density at radius 1 is 1.20 bits per heavy atom. The smallest absolute Gasteiger partial charge is 0.0377 e. The average Bonchev–Trinajstić information content (AvgIpc) is 2.47. The van der Waals surface area contributed by atoms with Gasteiger partial charge < -0.3 is 10.2 Å². The number of hydrogen-bond acceptors (Lipinski definition) is 3. The summed E-state index contributed by atoms with van der Waals surface area (Å²) in [5, 5.41) is 3.77. The predicted octanol–water partition coefficient (Wildman–Crippen LogP) is 1.84. The lowest BCUT2D eigenvalue weighted by Gasteiger charge is -2.42. The Hall–Kier alpha value is -0.900. The molecule has 3 heteroatoms. The molecule has 1 saturated heterocycles. The molecule has 0 bridgehead atoms. The van der Waals surface area contributed by atoms with Crippen molar-refractivity contribution in [2.45, 2.75) is 31.8 Å². The zero-order valence-electron chi connectivity index (χ0n) is 13.2. The van der Waals surface area contributed by atoms with Gasteiger partial charge in [-0.25, -0.2) is 0 Å². The first-order chi connectivity index (χ1) is 9.70. The van der Waals surface area contributed by atoms with Crippen molar-refractivity contribution in [2.75, 3.05) is 40.3 Å². The minimum absolute atomic E-state index is 0.533.